The van der Waals surface area contributed by atoms with Gasteiger partial charge in [0.05, 0.1) is 11.3 Å². The summed E-state index contributed by atoms with van der Waals surface area (Å²) in [6, 6.07) is 19.0. The average Bonchev–Trinajstić information content (AvgIpc) is 3.10. The number of carbonyl (C=O) groups is 1. The van der Waals surface area contributed by atoms with Gasteiger partial charge in [-0.05, 0) is 36.7 Å². The number of hydrogen-bond acceptors (Lipinski definition) is 3. The van der Waals surface area contributed by atoms with Crippen molar-refractivity contribution in [3.05, 3.63) is 65.7 Å². The maximum Gasteiger partial charge on any atom is 0.233 e. The Bertz CT molecular complexity index is 675. The first-order valence-corrected chi connectivity index (χ1v) is 9.92. The van der Waals surface area contributed by atoms with E-state index in [9.17, 15) is 4.79 Å². The van der Waals surface area contributed by atoms with Gasteiger partial charge in [0.1, 0.15) is 0 Å². The SMILES string of the molecule is CCN(CC)C(CNC(=O)C1Cc2ccccc2S1)c1ccccc1. The van der Waals surface area contributed by atoms with Crippen molar-refractivity contribution in [3.8, 4) is 0 Å². The van der Waals surface area contributed by atoms with E-state index >= 15 is 0 Å². The molecule has 1 aliphatic heterocycles. The van der Waals surface area contributed by atoms with Crippen molar-refractivity contribution in [2.75, 3.05) is 19.6 Å². The predicted octanol–water partition coefficient (Wildman–Crippen LogP) is 3.90. The van der Waals surface area contributed by atoms with Crippen LogP contribution in [0, 0.1) is 0 Å². The summed E-state index contributed by atoms with van der Waals surface area (Å²) in [5.41, 5.74) is 2.55. The van der Waals surface area contributed by atoms with E-state index in [2.05, 4.69) is 60.5 Å². The van der Waals surface area contributed by atoms with Crippen LogP contribution in [-0.2, 0) is 11.2 Å². The number of hydrogen-bond donors (Lipinski definition) is 1. The summed E-state index contributed by atoms with van der Waals surface area (Å²) >= 11 is 1.69. The quantitative estimate of drug-likeness (QED) is 0.818. The summed E-state index contributed by atoms with van der Waals surface area (Å²) in [7, 11) is 0. The zero-order valence-corrected chi connectivity index (χ0v) is 15.8. The molecule has 2 aromatic carbocycles. The molecule has 4 heteroatoms. The number of likely N-dealkylation sites (N-methyl/N-ethyl adjacent to an activating group) is 1. The molecule has 2 unspecified atom stereocenters. The highest BCUT2D eigenvalue weighted by Crippen LogP contribution is 2.36. The maximum absolute atomic E-state index is 12.7. The van der Waals surface area contributed by atoms with Gasteiger partial charge in [-0.2, -0.15) is 0 Å². The second-order valence-corrected chi connectivity index (χ2v) is 7.56. The van der Waals surface area contributed by atoms with E-state index in [1.807, 2.05) is 18.2 Å². The monoisotopic (exact) mass is 354 g/mol. The fraction of sp³-hybridized carbons (Fsp3) is 0.381. The number of carbonyl (C=O) groups excluding carboxylic acids is 1. The summed E-state index contributed by atoms with van der Waals surface area (Å²) in [5, 5.41) is 3.20. The smallest absolute Gasteiger partial charge is 0.233 e. The summed E-state index contributed by atoms with van der Waals surface area (Å²) < 4.78 is 0. The van der Waals surface area contributed by atoms with Gasteiger partial charge in [-0.3, -0.25) is 9.69 Å². The highest BCUT2D eigenvalue weighted by molar-refractivity contribution is 8.01. The standard InChI is InChI=1S/C21H26N2OS/c1-3-23(4-2)18(16-10-6-5-7-11-16)15-22-21(24)20-14-17-12-8-9-13-19(17)25-20/h5-13,18,20H,3-4,14-15H2,1-2H3,(H,22,24). The first kappa shape index (κ1) is 18.0. The molecule has 2 aromatic rings. The van der Waals surface area contributed by atoms with Gasteiger partial charge in [0, 0.05) is 11.4 Å². The average molecular weight is 355 g/mol. The maximum atomic E-state index is 12.7. The van der Waals surface area contributed by atoms with Crippen LogP contribution >= 0.6 is 11.8 Å². The Balaban J connectivity index is 1.64. The van der Waals surface area contributed by atoms with Gasteiger partial charge >= 0.3 is 0 Å². The lowest BCUT2D eigenvalue weighted by Crippen LogP contribution is -2.41. The largest absolute Gasteiger partial charge is 0.353 e. The lowest BCUT2D eigenvalue weighted by Gasteiger charge is -2.30. The van der Waals surface area contributed by atoms with Crippen LogP contribution in [0.1, 0.15) is 31.0 Å². The third-order valence-corrected chi connectivity index (χ3v) is 6.16. The molecule has 0 spiro atoms. The zero-order chi connectivity index (χ0) is 17.6. The predicted molar refractivity (Wildman–Crippen MR) is 105 cm³/mol. The number of thioether (sulfide) groups is 1. The van der Waals surface area contributed by atoms with Crippen molar-refractivity contribution in [1.82, 2.24) is 10.2 Å². The highest BCUT2D eigenvalue weighted by Gasteiger charge is 2.28. The molecule has 1 N–H and O–H groups in total. The van der Waals surface area contributed by atoms with Gasteiger partial charge in [-0.25, -0.2) is 0 Å². The molecule has 0 fully saturated rings. The molecule has 0 saturated carbocycles. The molecule has 0 aliphatic carbocycles. The fourth-order valence-electron chi connectivity index (χ4n) is 3.44. The number of amides is 1. The molecule has 1 amide bonds. The minimum absolute atomic E-state index is 0.00877. The number of fused-ring (bicyclic) bond motifs is 1. The summed E-state index contributed by atoms with van der Waals surface area (Å²) in [6.07, 6.45) is 0.827. The van der Waals surface area contributed by atoms with Crippen LogP contribution in [0.15, 0.2) is 59.5 Å². The molecule has 1 heterocycles. The van der Waals surface area contributed by atoms with Gasteiger partial charge in [-0.1, -0.05) is 62.4 Å². The molecule has 3 nitrogen and oxygen atoms in total. The Kier molecular flexibility index (Phi) is 6.16. The Hall–Kier alpha value is -1.78. The number of benzene rings is 2. The molecule has 2 atom stereocenters. The van der Waals surface area contributed by atoms with Crippen LogP contribution in [0.5, 0.6) is 0 Å². The van der Waals surface area contributed by atoms with E-state index in [1.165, 1.54) is 16.0 Å². The van der Waals surface area contributed by atoms with Crippen molar-refractivity contribution in [2.24, 2.45) is 0 Å². The lowest BCUT2D eigenvalue weighted by atomic mass is 10.0. The van der Waals surface area contributed by atoms with Crippen LogP contribution in [0.3, 0.4) is 0 Å². The lowest BCUT2D eigenvalue weighted by molar-refractivity contribution is -0.120. The van der Waals surface area contributed by atoms with Crippen molar-refractivity contribution in [3.63, 3.8) is 0 Å². The van der Waals surface area contributed by atoms with Crippen molar-refractivity contribution < 1.29 is 4.79 Å². The first-order valence-electron chi connectivity index (χ1n) is 9.04. The molecule has 0 saturated heterocycles. The first-order chi connectivity index (χ1) is 12.2. The van der Waals surface area contributed by atoms with Crippen molar-refractivity contribution in [1.29, 1.82) is 0 Å². The summed E-state index contributed by atoms with van der Waals surface area (Å²) in [4.78, 5) is 16.3. The van der Waals surface area contributed by atoms with Gasteiger partial charge < -0.3 is 5.32 Å². The minimum atomic E-state index is -0.00877. The van der Waals surface area contributed by atoms with E-state index < -0.39 is 0 Å². The molecule has 0 bridgehead atoms. The Morgan fingerprint density at radius 3 is 2.48 bits per heavy atom. The molecule has 3 rings (SSSR count). The third-order valence-electron chi connectivity index (χ3n) is 4.85. The Labute approximate surface area is 154 Å². The van der Waals surface area contributed by atoms with Crippen LogP contribution in [0.4, 0.5) is 0 Å². The molecule has 0 radical (unpaired) electrons. The number of rotatable bonds is 7. The van der Waals surface area contributed by atoms with Gasteiger partial charge in [0.15, 0.2) is 0 Å². The van der Waals surface area contributed by atoms with Crippen LogP contribution in [0.2, 0.25) is 0 Å². The summed E-state index contributed by atoms with van der Waals surface area (Å²) in [5.74, 6) is 0.147. The second kappa shape index (κ2) is 8.54. The Morgan fingerprint density at radius 2 is 1.80 bits per heavy atom. The van der Waals surface area contributed by atoms with E-state index in [0.717, 1.165) is 19.5 Å². The Morgan fingerprint density at radius 1 is 1.12 bits per heavy atom. The van der Waals surface area contributed by atoms with Crippen LogP contribution in [-0.4, -0.2) is 35.7 Å². The minimum Gasteiger partial charge on any atom is -0.353 e. The number of nitrogens with zero attached hydrogens (tertiary/aromatic N) is 1. The molecule has 0 aromatic heterocycles. The van der Waals surface area contributed by atoms with Crippen molar-refractivity contribution >= 4 is 17.7 Å². The topological polar surface area (TPSA) is 32.3 Å². The summed E-state index contributed by atoms with van der Waals surface area (Å²) in [6.45, 7) is 6.93. The molecular formula is C21H26N2OS. The second-order valence-electron chi connectivity index (χ2n) is 6.31. The number of nitrogens with one attached hydrogen (secondary N) is 1. The van der Waals surface area contributed by atoms with E-state index in [1.54, 1.807) is 11.8 Å². The molecule has 132 valence electrons. The van der Waals surface area contributed by atoms with Gasteiger partial charge in [0.25, 0.3) is 0 Å². The van der Waals surface area contributed by atoms with Crippen LogP contribution in [0.25, 0.3) is 0 Å². The molecule has 25 heavy (non-hydrogen) atoms. The molecule has 1 aliphatic rings. The van der Waals surface area contributed by atoms with Crippen LogP contribution < -0.4 is 5.32 Å². The fourth-order valence-corrected chi connectivity index (χ4v) is 4.66. The van der Waals surface area contributed by atoms with E-state index in [-0.39, 0.29) is 17.2 Å². The van der Waals surface area contributed by atoms with E-state index in [4.69, 9.17) is 0 Å². The van der Waals surface area contributed by atoms with Gasteiger partial charge in [0.2, 0.25) is 5.91 Å². The van der Waals surface area contributed by atoms with Gasteiger partial charge in [-0.15, -0.1) is 11.8 Å². The highest BCUT2D eigenvalue weighted by atomic mass is 32.2. The molecular weight excluding hydrogens is 328 g/mol. The zero-order valence-electron chi connectivity index (χ0n) is 14.9. The normalized spacial score (nSPS) is 17.3. The third kappa shape index (κ3) is 4.25. The van der Waals surface area contributed by atoms with Crippen molar-refractivity contribution in [2.45, 2.75) is 36.5 Å². The van der Waals surface area contributed by atoms with E-state index in [0.29, 0.717) is 6.54 Å².